The molecule has 1 rings (SSSR count). The minimum absolute atomic E-state index is 0.461. The van der Waals surface area contributed by atoms with E-state index in [9.17, 15) is 4.79 Å². The lowest BCUT2D eigenvalue weighted by Crippen LogP contribution is -1.75. The molecule has 64 valence electrons. The van der Waals surface area contributed by atoms with E-state index in [1.807, 2.05) is 6.92 Å². The number of thiophene rings is 1. The summed E-state index contributed by atoms with van der Waals surface area (Å²) in [5.74, 6) is 0. The summed E-state index contributed by atoms with van der Waals surface area (Å²) in [6, 6.07) is 0. The first-order valence-corrected chi connectivity index (χ1v) is 5.15. The number of hydrogen-bond acceptors (Lipinski definition) is 2. The molecule has 0 N–H and O–H groups in total. The van der Waals surface area contributed by atoms with Crippen LogP contribution in [0.3, 0.4) is 0 Å². The van der Waals surface area contributed by atoms with Gasteiger partial charge in [-0.2, -0.15) is 0 Å². The van der Waals surface area contributed by atoms with Crippen molar-refractivity contribution in [3.8, 4) is 0 Å². The third-order valence-corrected chi connectivity index (χ3v) is 4.30. The van der Waals surface area contributed by atoms with Crippen LogP contribution in [0.1, 0.15) is 20.1 Å². The van der Waals surface area contributed by atoms with E-state index in [2.05, 4.69) is 22.5 Å². The molecule has 1 heterocycles. The number of hydrogen-bond donors (Lipinski definition) is 0. The van der Waals surface area contributed by atoms with Crippen LogP contribution in [0, 0.1) is 6.92 Å². The Kier molecular flexibility index (Phi) is 3.09. The monoisotopic (exact) mass is 264 g/mol. The largest absolute Gasteiger partial charge is 0.297 e. The second kappa shape index (κ2) is 3.73. The van der Waals surface area contributed by atoms with Crippen LogP contribution in [0.2, 0.25) is 0 Å². The van der Waals surface area contributed by atoms with Crippen molar-refractivity contribution >= 4 is 50.2 Å². The minimum Gasteiger partial charge on any atom is -0.297 e. The highest BCUT2D eigenvalue weighted by Gasteiger charge is 2.12. The SMILES string of the molecule is C=C(Cl)c1sc(C=O)c(C)c1Br. The molecule has 4 heteroatoms. The maximum absolute atomic E-state index is 10.5. The average molecular weight is 266 g/mol. The van der Waals surface area contributed by atoms with Gasteiger partial charge in [0.15, 0.2) is 6.29 Å². The first-order chi connectivity index (χ1) is 5.57. The maximum Gasteiger partial charge on any atom is 0.160 e. The molecule has 0 unspecified atom stereocenters. The topological polar surface area (TPSA) is 17.1 Å². The second-order valence-corrected chi connectivity index (χ2v) is 4.56. The molecule has 0 aliphatic heterocycles. The summed E-state index contributed by atoms with van der Waals surface area (Å²) in [5, 5.41) is 0.461. The van der Waals surface area contributed by atoms with Crippen LogP contribution in [0.25, 0.3) is 5.03 Å². The van der Waals surface area contributed by atoms with Gasteiger partial charge in [-0.15, -0.1) is 11.3 Å². The first-order valence-electron chi connectivity index (χ1n) is 3.16. The Labute approximate surface area is 88.2 Å². The summed E-state index contributed by atoms with van der Waals surface area (Å²) in [7, 11) is 0. The van der Waals surface area contributed by atoms with Gasteiger partial charge in [-0.05, 0) is 28.4 Å². The summed E-state index contributed by atoms with van der Waals surface area (Å²) in [6.07, 6.45) is 0.827. The van der Waals surface area contributed by atoms with E-state index >= 15 is 0 Å². The molecule has 0 atom stereocenters. The summed E-state index contributed by atoms with van der Waals surface area (Å²) in [6.45, 7) is 5.47. The van der Waals surface area contributed by atoms with E-state index in [4.69, 9.17) is 11.6 Å². The Morgan fingerprint density at radius 1 is 1.75 bits per heavy atom. The number of carbonyl (C=O) groups excluding carboxylic acids is 1. The van der Waals surface area contributed by atoms with E-state index in [0.717, 1.165) is 21.2 Å². The van der Waals surface area contributed by atoms with Crippen LogP contribution >= 0.6 is 38.9 Å². The van der Waals surface area contributed by atoms with Crippen molar-refractivity contribution < 1.29 is 4.79 Å². The van der Waals surface area contributed by atoms with Crippen molar-refractivity contribution in [3.63, 3.8) is 0 Å². The van der Waals surface area contributed by atoms with Crippen LogP contribution in [0.15, 0.2) is 11.1 Å². The average Bonchev–Trinajstić information content (AvgIpc) is 2.30. The molecular formula is C8H6BrClOS. The fourth-order valence-electron chi connectivity index (χ4n) is 0.797. The molecule has 0 saturated heterocycles. The fraction of sp³-hybridized carbons (Fsp3) is 0.125. The van der Waals surface area contributed by atoms with Crippen LogP contribution in [0.4, 0.5) is 0 Å². The molecule has 1 aromatic rings. The van der Waals surface area contributed by atoms with Crippen molar-refractivity contribution in [3.05, 3.63) is 26.4 Å². The molecule has 12 heavy (non-hydrogen) atoms. The lowest BCUT2D eigenvalue weighted by atomic mass is 10.3. The quantitative estimate of drug-likeness (QED) is 0.743. The zero-order chi connectivity index (χ0) is 9.30. The normalized spacial score (nSPS) is 9.92. The molecular weight excluding hydrogens is 260 g/mol. The second-order valence-electron chi connectivity index (χ2n) is 2.26. The zero-order valence-corrected chi connectivity index (χ0v) is 9.52. The van der Waals surface area contributed by atoms with Gasteiger partial charge in [0.2, 0.25) is 0 Å². The number of halogens is 2. The standard InChI is InChI=1S/C8H6BrClOS/c1-4-6(3-11)12-8(5(2)10)7(4)9/h3H,2H2,1H3. The van der Waals surface area contributed by atoms with Gasteiger partial charge in [-0.1, -0.05) is 18.2 Å². The van der Waals surface area contributed by atoms with Gasteiger partial charge in [0.25, 0.3) is 0 Å². The van der Waals surface area contributed by atoms with Gasteiger partial charge in [-0.3, -0.25) is 4.79 Å². The Balaban J connectivity index is 3.34. The van der Waals surface area contributed by atoms with E-state index in [-0.39, 0.29) is 0 Å². The van der Waals surface area contributed by atoms with E-state index in [0.29, 0.717) is 9.91 Å². The summed E-state index contributed by atoms with van der Waals surface area (Å²) < 4.78 is 0.870. The lowest BCUT2D eigenvalue weighted by molar-refractivity contribution is 0.112. The molecule has 1 aromatic heterocycles. The Hall–Kier alpha value is -0.120. The van der Waals surface area contributed by atoms with Gasteiger partial charge >= 0.3 is 0 Å². The molecule has 0 radical (unpaired) electrons. The number of carbonyl (C=O) groups is 1. The van der Waals surface area contributed by atoms with Crippen molar-refractivity contribution in [2.24, 2.45) is 0 Å². The van der Waals surface area contributed by atoms with Crippen LogP contribution in [-0.2, 0) is 0 Å². The summed E-state index contributed by atoms with van der Waals surface area (Å²) >= 11 is 10.4. The van der Waals surface area contributed by atoms with E-state index in [1.165, 1.54) is 11.3 Å². The maximum atomic E-state index is 10.5. The molecule has 0 saturated carbocycles. The smallest absolute Gasteiger partial charge is 0.160 e. The van der Waals surface area contributed by atoms with Crippen molar-refractivity contribution in [1.82, 2.24) is 0 Å². The zero-order valence-electron chi connectivity index (χ0n) is 6.36. The Bertz CT molecular complexity index is 343. The van der Waals surface area contributed by atoms with Gasteiger partial charge in [0.05, 0.1) is 14.8 Å². The number of aldehydes is 1. The third kappa shape index (κ3) is 1.63. The van der Waals surface area contributed by atoms with Crippen molar-refractivity contribution in [2.75, 3.05) is 0 Å². The van der Waals surface area contributed by atoms with Gasteiger partial charge < -0.3 is 0 Å². The highest BCUT2D eigenvalue weighted by molar-refractivity contribution is 9.10. The molecule has 0 aliphatic carbocycles. The summed E-state index contributed by atoms with van der Waals surface area (Å²) in [4.78, 5) is 12.1. The van der Waals surface area contributed by atoms with E-state index in [1.54, 1.807) is 0 Å². The molecule has 0 spiro atoms. The highest BCUT2D eigenvalue weighted by atomic mass is 79.9. The molecule has 0 amide bonds. The highest BCUT2D eigenvalue weighted by Crippen LogP contribution is 2.37. The number of rotatable bonds is 2. The van der Waals surface area contributed by atoms with Gasteiger partial charge in [0, 0.05) is 4.47 Å². The molecule has 0 fully saturated rings. The molecule has 0 aromatic carbocycles. The minimum atomic E-state index is 0.461. The lowest BCUT2D eigenvalue weighted by Gasteiger charge is -1.91. The first kappa shape index (κ1) is 9.96. The van der Waals surface area contributed by atoms with Crippen molar-refractivity contribution in [2.45, 2.75) is 6.92 Å². The Morgan fingerprint density at radius 2 is 2.33 bits per heavy atom. The van der Waals surface area contributed by atoms with Gasteiger partial charge in [0.1, 0.15) is 0 Å². The predicted molar refractivity (Wildman–Crippen MR) is 57.0 cm³/mol. The predicted octanol–water partition coefficient (Wildman–Crippen LogP) is 3.84. The van der Waals surface area contributed by atoms with Gasteiger partial charge in [-0.25, -0.2) is 0 Å². The van der Waals surface area contributed by atoms with Crippen LogP contribution < -0.4 is 0 Å². The van der Waals surface area contributed by atoms with Crippen molar-refractivity contribution in [1.29, 1.82) is 0 Å². The molecule has 0 bridgehead atoms. The fourth-order valence-corrected chi connectivity index (χ4v) is 2.82. The van der Waals surface area contributed by atoms with Crippen LogP contribution in [0.5, 0.6) is 0 Å². The summed E-state index contributed by atoms with van der Waals surface area (Å²) in [5.41, 5.74) is 0.923. The third-order valence-electron chi connectivity index (χ3n) is 1.46. The van der Waals surface area contributed by atoms with E-state index < -0.39 is 0 Å². The Morgan fingerprint density at radius 3 is 2.58 bits per heavy atom. The van der Waals surface area contributed by atoms with Crippen LogP contribution in [-0.4, -0.2) is 6.29 Å². The molecule has 0 aliphatic rings. The molecule has 1 nitrogen and oxygen atoms in total.